The Hall–Kier alpha value is -2.04. The number of carbonyl (C=O) groups is 1. The molecule has 1 aromatic heterocycles. The van der Waals surface area contributed by atoms with Crippen molar-refractivity contribution in [1.29, 1.82) is 0 Å². The van der Waals surface area contributed by atoms with E-state index < -0.39 is 0 Å². The predicted molar refractivity (Wildman–Crippen MR) is 66.3 cm³/mol. The topological polar surface area (TPSA) is 55.6 Å². The molecular formula is C13H14N2O3. The second-order valence-electron chi connectivity index (χ2n) is 4.42. The Morgan fingerprint density at radius 2 is 2.33 bits per heavy atom. The first-order valence-electron chi connectivity index (χ1n) is 5.96. The predicted octanol–water partition coefficient (Wildman–Crippen LogP) is 1.83. The number of para-hydroxylation sites is 2. The zero-order valence-electron chi connectivity index (χ0n) is 10.1. The zero-order valence-corrected chi connectivity index (χ0v) is 10.1. The molecular weight excluding hydrogens is 232 g/mol. The van der Waals surface area contributed by atoms with E-state index in [2.05, 4.69) is 4.98 Å². The largest absolute Gasteiger partial charge is 0.469 e. The number of fused-ring (bicyclic) bond motifs is 1. The molecule has 1 saturated heterocycles. The molecule has 1 aliphatic heterocycles. The third-order valence-corrected chi connectivity index (χ3v) is 3.28. The molecule has 1 aliphatic rings. The third kappa shape index (κ3) is 1.81. The molecule has 94 valence electrons. The summed E-state index contributed by atoms with van der Waals surface area (Å²) in [4.78, 5) is 17.9. The zero-order chi connectivity index (χ0) is 12.5. The highest BCUT2D eigenvalue weighted by molar-refractivity contribution is 5.76. The molecule has 2 aromatic rings. The van der Waals surface area contributed by atoms with Crippen molar-refractivity contribution in [3.63, 3.8) is 0 Å². The molecule has 1 unspecified atom stereocenters. The highest BCUT2D eigenvalue weighted by Gasteiger charge is 2.31. The maximum absolute atomic E-state index is 11.5. The summed E-state index contributed by atoms with van der Waals surface area (Å²) < 4.78 is 10.4. The standard InChI is InChI=1S/C13H14N2O3/c1-17-12(16)9-6-7-15(8-9)13-14-10-4-2-3-5-11(10)18-13/h2-5,9H,6-8H2,1H3. The number of aromatic nitrogens is 1. The minimum absolute atomic E-state index is 0.0787. The number of ether oxygens (including phenoxy) is 1. The Morgan fingerprint density at radius 3 is 3.11 bits per heavy atom. The van der Waals surface area contributed by atoms with E-state index in [-0.39, 0.29) is 11.9 Å². The van der Waals surface area contributed by atoms with Crippen molar-refractivity contribution in [1.82, 2.24) is 4.98 Å². The van der Waals surface area contributed by atoms with Gasteiger partial charge in [-0.1, -0.05) is 12.1 Å². The first kappa shape index (κ1) is 11.1. The third-order valence-electron chi connectivity index (χ3n) is 3.28. The van der Waals surface area contributed by atoms with Gasteiger partial charge in [0.2, 0.25) is 0 Å². The molecule has 5 heteroatoms. The van der Waals surface area contributed by atoms with E-state index in [1.165, 1.54) is 7.11 Å². The van der Waals surface area contributed by atoms with Gasteiger partial charge in [-0.3, -0.25) is 4.79 Å². The number of esters is 1. The van der Waals surface area contributed by atoms with Crippen LogP contribution in [-0.4, -0.2) is 31.2 Å². The van der Waals surface area contributed by atoms with Gasteiger partial charge in [-0.2, -0.15) is 4.98 Å². The van der Waals surface area contributed by atoms with Crippen molar-refractivity contribution in [3.05, 3.63) is 24.3 Å². The van der Waals surface area contributed by atoms with Crippen LogP contribution in [0.15, 0.2) is 28.7 Å². The molecule has 1 atom stereocenters. The van der Waals surface area contributed by atoms with Gasteiger partial charge in [-0.15, -0.1) is 0 Å². The monoisotopic (exact) mass is 246 g/mol. The number of oxazole rings is 1. The summed E-state index contributed by atoms with van der Waals surface area (Å²) in [6.07, 6.45) is 0.783. The van der Waals surface area contributed by atoms with Crippen LogP contribution in [-0.2, 0) is 9.53 Å². The molecule has 18 heavy (non-hydrogen) atoms. The minimum atomic E-state index is -0.159. The maximum Gasteiger partial charge on any atom is 0.310 e. The number of benzene rings is 1. The lowest BCUT2D eigenvalue weighted by Gasteiger charge is -2.12. The van der Waals surface area contributed by atoms with E-state index in [1.807, 2.05) is 29.2 Å². The summed E-state index contributed by atoms with van der Waals surface area (Å²) in [5.74, 6) is -0.237. The van der Waals surface area contributed by atoms with E-state index >= 15 is 0 Å². The van der Waals surface area contributed by atoms with Crippen LogP contribution in [0.4, 0.5) is 6.01 Å². The summed E-state index contributed by atoms with van der Waals surface area (Å²) in [5, 5.41) is 0. The molecule has 0 radical (unpaired) electrons. The van der Waals surface area contributed by atoms with Gasteiger partial charge in [-0.05, 0) is 18.6 Å². The molecule has 0 amide bonds. The molecule has 1 aromatic carbocycles. The number of nitrogens with zero attached hydrogens (tertiary/aromatic N) is 2. The summed E-state index contributed by atoms with van der Waals surface area (Å²) >= 11 is 0. The second-order valence-corrected chi connectivity index (χ2v) is 4.42. The lowest BCUT2D eigenvalue weighted by molar-refractivity contribution is -0.144. The van der Waals surface area contributed by atoms with Crippen LogP contribution < -0.4 is 4.90 Å². The Bertz CT molecular complexity index is 545. The van der Waals surface area contributed by atoms with Crippen molar-refractivity contribution >= 4 is 23.1 Å². The van der Waals surface area contributed by atoms with Crippen LogP contribution in [0.3, 0.4) is 0 Å². The summed E-state index contributed by atoms with van der Waals surface area (Å²) in [6.45, 7) is 1.38. The average Bonchev–Trinajstić information content (AvgIpc) is 3.03. The van der Waals surface area contributed by atoms with Gasteiger partial charge in [0.15, 0.2) is 5.58 Å². The second kappa shape index (κ2) is 4.33. The SMILES string of the molecule is COC(=O)C1CCN(c2nc3ccccc3o2)C1. The van der Waals surface area contributed by atoms with Gasteiger partial charge in [-0.25, -0.2) is 0 Å². The number of anilines is 1. The van der Waals surface area contributed by atoms with E-state index in [0.29, 0.717) is 12.6 Å². The number of hydrogen-bond donors (Lipinski definition) is 0. The molecule has 1 fully saturated rings. The normalized spacial score (nSPS) is 19.4. The number of rotatable bonds is 2. The number of hydrogen-bond acceptors (Lipinski definition) is 5. The van der Waals surface area contributed by atoms with Gasteiger partial charge in [0.25, 0.3) is 6.01 Å². The Kier molecular flexibility index (Phi) is 2.66. The molecule has 5 nitrogen and oxygen atoms in total. The highest BCUT2D eigenvalue weighted by Crippen LogP contribution is 2.27. The van der Waals surface area contributed by atoms with Gasteiger partial charge in [0, 0.05) is 13.1 Å². The number of methoxy groups -OCH3 is 1. The van der Waals surface area contributed by atoms with Crippen molar-refractivity contribution in [2.45, 2.75) is 6.42 Å². The lowest BCUT2D eigenvalue weighted by atomic mass is 10.1. The van der Waals surface area contributed by atoms with Crippen LogP contribution in [0.25, 0.3) is 11.1 Å². The molecule has 2 heterocycles. The minimum Gasteiger partial charge on any atom is -0.469 e. The quantitative estimate of drug-likeness (QED) is 0.757. The van der Waals surface area contributed by atoms with E-state index in [1.54, 1.807) is 0 Å². The fourth-order valence-electron chi connectivity index (χ4n) is 2.29. The molecule has 0 aliphatic carbocycles. The van der Waals surface area contributed by atoms with Crippen LogP contribution in [0.1, 0.15) is 6.42 Å². The van der Waals surface area contributed by atoms with E-state index in [9.17, 15) is 4.79 Å². The van der Waals surface area contributed by atoms with Crippen molar-refractivity contribution in [2.24, 2.45) is 5.92 Å². The van der Waals surface area contributed by atoms with Gasteiger partial charge < -0.3 is 14.1 Å². The smallest absolute Gasteiger partial charge is 0.310 e. The van der Waals surface area contributed by atoms with Gasteiger partial charge >= 0.3 is 5.97 Å². The first-order chi connectivity index (χ1) is 8.78. The summed E-state index contributed by atoms with van der Waals surface area (Å²) in [6, 6.07) is 8.23. The average molecular weight is 246 g/mol. The maximum atomic E-state index is 11.5. The molecule has 3 rings (SSSR count). The van der Waals surface area contributed by atoms with Crippen LogP contribution in [0.2, 0.25) is 0 Å². The van der Waals surface area contributed by atoms with Gasteiger partial charge in [0.05, 0.1) is 13.0 Å². The van der Waals surface area contributed by atoms with Crippen LogP contribution >= 0.6 is 0 Å². The fourth-order valence-corrected chi connectivity index (χ4v) is 2.29. The lowest BCUT2D eigenvalue weighted by Crippen LogP contribution is -2.23. The first-order valence-corrected chi connectivity index (χ1v) is 5.96. The van der Waals surface area contributed by atoms with Crippen LogP contribution in [0, 0.1) is 5.92 Å². The fraction of sp³-hybridized carbons (Fsp3) is 0.385. The molecule has 0 spiro atoms. The highest BCUT2D eigenvalue weighted by atomic mass is 16.5. The molecule has 0 N–H and O–H groups in total. The van der Waals surface area contributed by atoms with Gasteiger partial charge in [0.1, 0.15) is 5.52 Å². The molecule has 0 saturated carbocycles. The Morgan fingerprint density at radius 1 is 1.50 bits per heavy atom. The summed E-state index contributed by atoms with van der Waals surface area (Å²) in [5.41, 5.74) is 1.61. The number of carbonyl (C=O) groups excluding carboxylic acids is 1. The van der Waals surface area contributed by atoms with Crippen molar-refractivity contribution < 1.29 is 13.9 Å². The van der Waals surface area contributed by atoms with E-state index in [0.717, 1.165) is 24.1 Å². The molecule has 0 bridgehead atoms. The Balaban J connectivity index is 1.82. The van der Waals surface area contributed by atoms with Crippen molar-refractivity contribution in [3.8, 4) is 0 Å². The van der Waals surface area contributed by atoms with E-state index in [4.69, 9.17) is 9.15 Å². The van der Waals surface area contributed by atoms with Crippen molar-refractivity contribution in [2.75, 3.05) is 25.1 Å². The summed E-state index contributed by atoms with van der Waals surface area (Å²) in [7, 11) is 1.42. The van der Waals surface area contributed by atoms with Crippen LogP contribution in [0.5, 0.6) is 0 Å². The Labute approximate surface area is 104 Å².